The highest BCUT2D eigenvalue weighted by Crippen LogP contribution is 2.28. The van der Waals surface area contributed by atoms with Crippen molar-refractivity contribution in [3.05, 3.63) is 89.7 Å². The molecule has 0 aliphatic rings. The van der Waals surface area contributed by atoms with Gasteiger partial charge >= 0.3 is 0 Å². The van der Waals surface area contributed by atoms with Gasteiger partial charge in [-0.05, 0) is 53.3 Å². The van der Waals surface area contributed by atoms with Crippen molar-refractivity contribution >= 4 is 15.9 Å². The number of nitrogens with zero attached hydrogens (tertiary/aromatic N) is 1. The molecule has 1 unspecified atom stereocenters. The van der Waals surface area contributed by atoms with Gasteiger partial charge in [-0.2, -0.15) is 4.72 Å². The van der Waals surface area contributed by atoms with Crippen LogP contribution in [-0.4, -0.2) is 32.5 Å². The molecule has 0 aliphatic heterocycles. The molecule has 7 nitrogen and oxygen atoms in total. The number of sulfonamides is 1. The van der Waals surface area contributed by atoms with Crippen molar-refractivity contribution in [3.8, 4) is 5.75 Å². The minimum absolute atomic E-state index is 0.0104. The van der Waals surface area contributed by atoms with Gasteiger partial charge < -0.3 is 10.1 Å². The predicted octanol–water partition coefficient (Wildman–Crippen LogP) is 3.42. The molecule has 3 rings (SSSR count). The number of carbonyl (C=O) groups is 1. The lowest BCUT2D eigenvalue weighted by Crippen LogP contribution is -2.47. The number of nitrogens with one attached hydrogen (secondary N) is 2. The highest BCUT2D eigenvalue weighted by atomic mass is 32.2. The minimum Gasteiger partial charge on any atom is -0.495 e. The second kappa shape index (κ2) is 11.1. The van der Waals surface area contributed by atoms with Crippen molar-refractivity contribution < 1.29 is 17.9 Å². The average molecular weight is 468 g/mol. The Bertz CT molecular complexity index is 1170. The predicted molar refractivity (Wildman–Crippen MR) is 127 cm³/mol. The highest BCUT2D eigenvalue weighted by Gasteiger charge is 2.28. The van der Waals surface area contributed by atoms with Crippen molar-refractivity contribution in [1.82, 2.24) is 15.0 Å². The number of hydrogen-bond donors (Lipinski definition) is 2. The van der Waals surface area contributed by atoms with E-state index in [1.54, 1.807) is 36.7 Å². The second-order valence-corrected chi connectivity index (χ2v) is 9.68. The Morgan fingerprint density at radius 1 is 1.00 bits per heavy atom. The molecule has 0 bridgehead atoms. The van der Waals surface area contributed by atoms with Crippen molar-refractivity contribution in [2.75, 3.05) is 7.11 Å². The fourth-order valence-electron chi connectivity index (χ4n) is 3.36. The maximum absolute atomic E-state index is 13.4. The van der Waals surface area contributed by atoms with Crippen LogP contribution in [0.1, 0.15) is 36.5 Å². The molecule has 1 amide bonds. The van der Waals surface area contributed by atoms with Crippen LogP contribution in [0.2, 0.25) is 0 Å². The number of hydrogen-bond acceptors (Lipinski definition) is 5. The molecule has 0 aliphatic carbocycles. The average Bonchev–Trinajstić information content (AvgIpc) is 2.82. The first-order chi connectivity index (χ1) is 15.8. The summed E-state index contributed by atoms with van der Waals surface area (Å²) in [6.45, 7) is 4.23. The largest absolute Gasteiger partial charge is 0.495 e. The summed E-state index contributed by atoms with van der Waals surface area (Å²) in [6.07, 6.45) is 3.48. The number of ether oxygens (including phenoxy) is 1. The summed E-state index contributed by atoms with van der Waals surface area (Å²) in [7, 11) is -2.63. The van der Waals surface area contributed by atoms with E-state index in [9.17, 15) is 13.2 Å². The Kier molecular flexibility index (Phi) is 8.19. The number of aromatic nitrogens is 1. The SMILES string of the molecule is COc1ccc(C(C)C)cc1S(=O)(=O)NC(Cc1ccccc1)C(=O)NCc1ccncc1. The van der Waals surface area contributed by atoms with Gasteiger partial charge in [-0.25, -0.2) is 8.42 Å². The van der Waals surface area contributed by atoms with Crippen LogP contribution < -0.4 is 14.8 Å². The number of amides is 1. The van der Waals surface area contributed by atoms with Crippen LogP contribution in [0, 0.1) is 0 Å². The lowest BCUT2D eigenvalue weighted by Gasteiger charge is -2.20. The molecule has 33 heavy (non-hydrogen) atoms. The molecule has 0 radical (unpaired) electrons. The lowest BCUT2D eigenvalue weighted by atomic mass is 10.0. The van der Waals surface area contributed by atoms with Crippen LogP contribution >= 0.6 is 0 Å². The minimum atomic E-state index is -4.05. The van der Waals surface area contributed by atoms with Gasteiger partial charge in [0.1, 0.15) is 16.7 Å². The first kappa shape index (κ1) is 24.4. The fourth-order valence-corrected chi connectivity index (χ4v) is 4.76. The maximum Gasteiger partial charge on any atom is 0.245 e. The molecule has 0 saturated carbocycles. The molecule has 1 aromatic heterocycles. The normalized spacial score (nSPS) is 12.4. The Balaban J connectivity index is 1.88. The van der Waals surface area contributed by atoms with E-state index in [1.807, 2.05) is 50.2 Å². The number of methoxy groups -OCH3 is 1. The third kappa shape index (κ3) is 6.63. The van der Waals surface area contributed by atoms with Gasteiger partial charge in [0.25, 0.3) is 0 Å². The molecule has 1 heterocycles. The van der Waals surface area contributed by atoms with Crippen LogP contribution in [0.5, 0.6) is 5.75 Å². The van der Waals surface area contributed by atoms with E-state index in [1.165, 1.54) is 7.11 Å². The van der Waals surface area contributed by atoms with E-state index in [0.29, 0.717) is 0 Å². The summed E-state index contributed by atoms with van der Waals surface area (Å²) in [4.78, 5) is 17.0. The molecule has 174 valence electrons. The summed E-state index contributed by atoms with van der Waals surface area (Å²) in [5.74, 6) is -0.0607. The van der Waals surface area contributed by atoms with Crippen LogP contribution in [0.15, 0.2) is 78.0 Å². The molecule has 3 aromatic rings. The van der Waals surface area contributed by atoms with Gasteiger partial charge in [-0.15, -0.1) is 0 Å². The fraction of sp³-hybridized carbons (Fsp3) is 0.280. The first-order valence-electron chi connectivity index (χ1n) is 10.7. The van der Waals surface area contributed by atoms with E-state index < -0.39 is 22.0 Å². The third-order valence-corrected chi connectivity index (χ3v) is 6.75. The van der Waals surface area contributed by atoms with E-state index in [0.717, 1.165) is 16.7 Å². The standard InChI is InChI=1S/C25H29N3O4S/c1-18(2)21-9-10-23(32-3)24(16-21)33(30,31)28-22(15-19-7-5-4-6-8-19)25(29)27-17-20-11-13-26-14-12-20/h4-14,16,18,22,28H,15,17H2,1-3H3,(H,27,29). The number of carbonyl (C=O) groups excluding carboxylic acids is 1. The summed E-state index contributed by atoms with van der Waals surface area (Å²) in [5, 5.41) is 2.83. The van der Waals surface area contributed by atoms with E-state index in [2.05, 4.69) is 15.0 Å². The molecule has 0 fully saturated rings. The Hall–Kier alpha value is -3.23. The second-order valence-electron chi connectivity index (χ2n) is 8.00. The smallest absolute Gasteiger partial charge is 0.245 e. The van der Waals surface area contributed by atoms with Gasteiger partial charge in [0.15, 0.2) is 0 Å². The monoisotopic (exact) mass is 467 g/mol. The Labute approximate surface area is 195 Å². The van der Waals surface area contributed by atoms with Gasteiger partial charge in [0, 0.05) is 18.9 Å². The molecule has 2 aromatic carbocycles. The topological polar surface area (TPSA) is 97.4 Å². The van der Waals surface area contributed by atoms with Crippen LogP contribution in [0.25, 0.3) is 0 Å². The van der Waals surface area contributed by atoms with Gasteiger partial charge in [-0.1, -0.05) is 50.2 Å². The Morgan fingerprint density at radius 2 is 1.70 bits per heavy atom. The zero-order valence-corrected chi connectivity index (χ0v) is 19.8. The van der Waals surface area contributed by atoms with Crippen molar-refractivity contribution in [1.29, 1.82) is 0 Å². The molecule has 2 N–H and O–H groups in total. The molecule has 8 heteroatoms. The van der Waals surface area contributed by atoms with Crippen molar-refractivity contribution in [2.45, 2.75) is 43.7 Å². The zero-order chi connectivity index (χ0) is 23.8. The number of rotatable bonds is 10. The highest BCUT2D eigenvalue weighted by molar-refractivity contribution is 7.89. The summed E-state index contributed by atoms with van der Waals surface area (Å²) < 4.78 is 34.7. The van der Waals surface area contributed by atoms with Crippen LogP contribution in [0.3, 0.4) is 0 Å². The quantitative estimate of drug-likeness (QED) is 0.476. The van der Waals surface area contributed by atoms with Gasteiger partial charge in [0.05, 0.1) is 7.11 Å². The Morgan fingerprint density at radius 3 is 2.33 bits per heavy atom. The molecule has 0 spiro atoms. The molecular formula is C25H29N3O4S. The van der Waals surface area contributed by atoms with E-state index in [-0.39, 0.29) is 29.5 Å². The van der Waals surface area contributed by atoms with Crippen molar-refractivity contribution in [2.24, 2.45) is 0 Å². The third-order valence-electron chi connectivity index (χ3n) is 5.26. The molecule has 0 saturated heterocycles. The van der Waals surface area contributed by atoms with E-state index >= 15 is 0 Å². The molecular weight excluding hydrogens is 438 g/mol. The van der Waals surface area contributed by atoms with Crippen LogP contribution in [0.4, 0.5) is 0 Å². The summed E-state index contributed by atoms with van der Waals surface area (Å²) >= 11 is 0. The number of benzene rings is 2. The van der Waals surface area contributed by atoms with Gasteiger partial charge in [0.2, 0.25) is 15.9 Å². The lowest BCUT2D eigenvalue weighted by molar-refractivity contribution is -0.122. The summed E-state index contributed by atoms with van der Waals surface area (Å²) in [5.41, 5.74) is 2.57. The maximum atomic E-state index is 13.4. The number of pyridine rings is 1. The summed E-state index contributed by atoms with van der Waals surface area (Å²) in [6, 6.07) is 16.9. The van der Waals surface area contributed by atoms with Crippen molar-refractivity contribution in [3.63, 3.8) is 0 Å². The van der Waals surface area contributed by atoms with E-state index in [4.69, 9.17) is 4.74 Å². The van der Waals surface area contributed by atoms with Crippen LogP contribution in [-0.2, 0) is 27.8 Å². The zero-order valence-electron chi connectivity index (χ0n) is 19.0. The molecule has 1 atom stereocenters. The van der Waals surface area contributed by atoms with Gasteiger partial charge in [-0.3, -0.25) is 9.78 Å². The first-order valence-corrected chi connectivity index (χ1v) is 12.2.